The second-order valence-corrected chi connectivity index (χ2v) is 4.51. The number of allylic oxidation sites excluding steroid dienone is 1. The maximum Gasteiger partial charge on any atom is 0.253 e. The van der Waals surface area contributed by atoms with Gasteiger partial charge in [0.15, 0.2) is 0 Å². The van der Waals surface area contributed by atoms with Crippen molar-refractivity contribution in [3.05, 3.63) is 11.3 Å². The van der Waals surface area contributed by atoms with Crippen LogP contribution in [0.25, 0.3) is 0 Å². The van der Waals surface area contributed by atoms with E-state index in [1.165, 1.54) is 6.42 Å². The van der Waals surface area contributed by atoms with Gasteiger partial charge in [0.25, 0.3) is 5.91 Å². The molecule has 1 unspecified atom stereocenters. The summed E-state index contributed by atoms with van der Waals surface area (Å²) in [6.45, 7) is 9.09. The molecule has 2 aliphatic rings. The fourth-order valence-electron chi connectivity index (χ4n) is 2.54. The second kappa shape index (κ2) is 6.67. The lowest BCUT2D eigenvalue weighted by atomic mass is 9.99. The van der Waals surface area contributed by atoms with E-state index in [-0.39, 0.29) is 12.1 Å². The van der Waals surface area contributed by atoms with Crippen LogP contribution in [0.3, 0.4) is 0 Å². The summed E-state index contributed by atoms with van der Waals surface area (Å²) in [7, 11) is 0. The average molecular weight is 238 g/mol. The zero-order valence-electron chi connectivity index (χ0n) is 11.7. The summed E-state index contributed by atoms with van der Waals surface area (Å²) in [4.78, 5) is 14.2. The van der Waals surface area contributed by atoms with E-state index in [9.17, 15) is 4.79 Å². The van der Waals surface area contributed by atoms with Crippen LogP contribution < -0.4 is 5.32 Å². The molecule has 1 fully saturated rings. The normalized spacial score (nSPS) is 23.6. The fourth-order valence-corrected chi connectivity index (χ4v) is 2.54. The molecule has 0 aromatic carbocycles. The van der Waals surface area contributed by atoms with Crippen molar-refractivity contribution < 1.29 is 4.79 Å². The Morgan fingerprint density at radius 1 is 1.35 bits per heavy atom. The van der Waals surface area contributed by atoms with Crippen molar-refractivity contribution in [2.24, 2.45) is 0 Å². The van der Waals surface area contributed by atoms with Crippen LogP contribution in [-0.2, 0) is 4.79 Å². The summed E-state index contributed by atoms with van der Waals surface area (Å²) in [5.74, 6) is 0.276. The Labute approximate surface area is 105 Å². The zero-order chi connectivity index (χ0) is 12.8. The van der Waals surface area contributed by atoms with Gasteiger partial charge in [-0.3, -0.25) is 4.79 Å². The molecule has 0 spiro atoms. The Kier molecular flexibility index (Phi) is 5.52. The van der Waals surface area contributed by atoms with Crippen LogP contribution in [0.2, 0.25) is 0 Å². The van der Waals surface area contributed by atoms with E-state index in [0.717, 1.165) is 43.5 Å². The van der Waals surface area contributed by atoms with Crippen molar-refractivity contribution in [2.75, 3.05) is 6.54 Å². The molecule has 0 aromatic heterocycles. The van der Waals surface area contributed by atoms with Crippen LogP contribution in [0.15, 0.2) is 11.3 Å². The summed E-state index contributed by atoms with van der Waals surface area (Å²) in [6.07, 6.45) is 5.70. The molecule has 2 rings (SSSR count). The number of hydrogen-bond donors (Lipinski definition) is 1. The summed E-state index contributed by atoms with van der Waals surface area (Å²) in [6, 6.07) is 0. The van der Waals surface area contributed by atoms with Gasteiger partial charge in [0.05, 0.1) is 0 Å². The third kappa shape index (κ3) is 3.02. The number of nitrogens with one attached hydrogen (secondary N) is 1. The Morgan fingerprint density at radius 2 is 2.06 bits per heavy atom. The number of nitrogens with zero attached hydrogens (tertiary/aromatic N) is 1. The largest absolute Gasteiger partial charge is 0.368 e. The second-order valence-electron chi connectivity index (χ2n) is 4.51. The minimum Gasteiger partial charge on any atom is -0.368 e. The van der Waals surface area contributed by atoms with Gasteiger partial charge < -0.3 is 10.2 Å². The highest BCUT2D eigenvalue weighted by molar-refractivity contribution is 5.95. The highest BCUT2D eigenvalue weighted by atomic mass is 16.2. The summed E-state index contributed by atoms with van der Waals surface area (Å²) >= 11 is 0. The molecule has 17 heavy (non-hydrogen) atoms. The maximum absolute atomic E-state index is 12.2. The Bertz CT molecular complexity index is 297. The van der Waals surface area contributed by atoms with E-state index >= 15 is 0 Å². The summed E-state index contributed by atoms with van der Waals surface area (Å²) in [5, 5.41) is 3.47. The molecular formula is C14H26N2O. The van der Waals surface area contributed by atoms with Gasteiger partial charge in [-0.1, -0.05) is 27.2 Å². The average Bonchev–Trinajstić information content (AvgIpc) is 2.37. The molecule has 0 aromatic rings. The van der Waals surface area contributed by atoms with E-state index in [4.69, 9.17) is 0 Å². The standard InChI is InChI=1S/C12H20N2O.C2H6/c1-3-6-10-9(2)13-11-7-4-5-8-14(11)12(10)15;1-2/h11,13H,3-8H2,1-2H3;1-2H3. The number of piperidine rings is 1. The van der Waals surface area contributed by atoms with Crippen molar-refractivity contribution in [3.8, 4) is 0 Å². The molecule has 98 valence electrons. The summed E-state index contributed by atoms with van der Waals surface area (Å²) < 4.78 is 0. The number of hydrogen-bond acceptors (Lipinski definition) is 2. The molecule has 1 atom stereocenters. The lowest BCUT2D eigenvalue weighted by Gasteiger charge is -2.41. The predicted octanol–water partition coefficient (Wildman–Crippen LogP) is 3.03. The molecular weight excluding hydrogens is 212 g/mol. The van der Waals surface area contributed by atoms with Gasteiger partial charge >= 0.3 is 0 Å². The van der Waals surface area contributed by atoms with Crippen LogP contribution in [-0.4, -0.2) is 23.5 Å². The van der Waals surface area contributed by atoms with Crippen molar-refractivity contribution in [2.45, 2.75) is 66.0 Å². The van der Waals surface area contributed by atoms with Crippen LogP contribution in [0, 0.1) is 0 Å². The Hall–Kier alpha value is -0.990. The van der Waals surface area contributed by atoms with Gasteiger partial charge in [0.2, 0.25) is 0 Å². The molecule has 1 N–H and O–H groups in total. The van der Waals surface area contributed by atoms with E-state index in [2.05, 4.69) is 12.2 Å². The lowest BCUT2D eigenvalue weighted by Crippen LogP contribution is -2.55. The van der Waals surface area contributed by atoms with Gasteiger partial charge in [-0.25, -0.2) is 0 Å². The van der Waals surface area contributed by atoms with Gasteiger partial charge in [-0.05, 0) is 32.6 Å². The molecule has 3 nitrogen and oxygen atoms in total. The maximum atomic E-state index is 12.2. The van der Waals surface area contributed by atoms with Crippen LogP contribution in [0.1, 0.15) is 59.8 Å². The van der Waals surface area contributed by atoms with E-state index in [0.29, 0.717) is 0 Å². The van der Waals surface area contributed by atoms with E-state index < -0.39 is 0 Å². The molecule has 0 saturated carbocycles. The van der Waals surface area contributed by atoms with Crippen LogP contribution in [0.4, 0.5) is 0 Å². The van der Waals surface area contributed by atoms with Crippen molar-refractivity contribution in [1.29, 1.82) is 0 Å². The van der Waals surface area contributed by atoms with E-state index in [1.54, 1.807) is 0 Å². The molecule has 3 heteroatoms. The number of rotatable bonds is 2. The topological polar surface area (TPSA) is 32.3 Å². The monoisotopic (exact) mass is 238 g/mol. The van der Waals surface area contributed by atoms with Gasteiger partial charge in [0.1, 0.15) is 6.17 Å². The van der Waals surface area contributed by atoms with Crippen molar-refractivity contribution in [1.82, 2.24) is 10.2 Å². The number of carbonyl (C=O) groups excluding carboxylic acids is 1. The van der Waals surface area contributed by atoms with Gasteiger partial charge in [0, 0.05) is 17.8 Å². The first kappa shape index (κ1) is 14.1. The minimum absolute atomic E-state index is 0.270. The minimum atomic E-state index is 0.270. The highest BCUT2D eigenvalue weighted by Gasteiger charge is 2.33. The first-order valence-corrected chi connectivity index (χ1v) is 7.01. The van der Waals surface area contributed by atoms with Crippen LogP contribution >= 0.6 is 0 Å². The van der Waals surface area contributed by atoms with Crippen molar-refractivity contribution in [3.63, 3.8) is 0 Å². The molecule has 0 radical (unpaired) electrons. The van der Waals surface area contributed by atoms with Gasteiger partial charge in [-0.2, -0.15) is 0 Å². The summed E-state index contributed by atoms with van der Waals surface area (Å²) in [5.41, 5.74) is 2.10. The highest BCUT2D eigenvalue weighted by Crippen LogP contribution is 2.25. The van der Waals surface area contributed by atoms with E-state index in [1.807, 2.05) is 25.7 Å². The lowest BCUT2D eigenvalue weighted by molar-refractivity contribution is -0.132. The van der Waals surface area contributed by atoms with Crippen molar-refractivity contribution >= 4 is 5.91 Å². The molecule has 0 bridgehead atoms. The molecule has 2 heterocycles. The third-order valence-corrected chi connectivity index (χ3v) is 3.36. The molecule has 1 amide bonds. The smallest absolute Gasteiger partial charge is 0.253 e. The number of carbonyl (C=O) groups is 1. The quantitative estimate of drug-likeness (QED) is 0.802. The zero-order valence-corrected chi connectivity index (χ0v) is 11.7. The fraction of sp³-hybridized carbons (Fsp3) is 0.786. The third-order valence-electron chi connectivity index (χ3n) is 3.36. The first-order chi connectivity index (χ1) is 8.24. The molecule has 0 aliphatic carbocycles. The number of amides is 1. The number of fused-ring (bicyclic) bond motifs is 1. The Morgan fingerprint density at radius 3 is 2.71 bits per heavy atom. The first-order valence-electron chi connectivity index (χ1n) is 7.01. The Balaban J connectivity index is 0.000000686. The molecule has 1 saturated heterocycles. The SMILES string of the molecule is CC.CCCC1=C(C)NC2CCCCN2C1=O. The predicted molar refractivity (Wildman–Crippen MR) is 71.4 cm³/mol. The molecule has 2 aliphatic heterocycles. The van der Waals surface area contributed by atoms with Crippen LogP contribution in [0.5, 0.6) is 0 Å². The van der Waals surface area contributed by atoms with Gasteiger partial charge in [-0.15, -0.1) is 0 Å².